The van der Waals surface area contributed by atoms with Crippen LogP contribution in [0.4, 0.5) is 0 Å². The van der Waals surface area contributed by atoms with Gasteiger partial charge in [-0.3, -0.25) is 0 Å². The number of thiocarbonyl (C=S) groups is 1. The van der Waals surface area contributed by atoms with Gasteiger partial charge < -0.3 is 10.1 Å². The number of rotatable bonds is 2. The Hall–Kier alpha value is -0.900. The Morgan fingerprint density at radius 1 is 1.75 bits per heavy atom. The number of hydrogen-bond donors (Lipinski definition) is 1. The van der Waals surface area contributed by atoms with E-state index in [1.807, 2.05) is 0 Å². The molecule has 0 spiro atoms. The lowest BCUT2D eigenvalue weighted by Crippen LogP contribution is -2.23. The van der Waals surface area contributed by atoms with E-state index >= 15 is 0 Å². The normalized spacial score (nSPS) is 16.4. The molecule has 12 heavy (non-hydrogen) atoms. The summed E-state index contributed by atoms with van der Waals surface area (Å²) in [6.07, 6.45) is 3.05. The first-order chi connectivity index (χ1) is 5.74. The summed E-state index contributed by atoms with van der Waals surface area (Å²) in [5, 5.41) is 2.84. The van der Waals surface area contributed by atoms with Crippen molar-refractivity contribution >= 4 is 23.2 Å². The van der Waals surface area contributed by atoms with Crippen molar-refractivity contribution < 1.29 is 9.53 Å². The lowest BCUT2D eigenvalue weighted by molar-refractivity contribution is -0.138. The molecule has 0 unspecified atom stereocenters. The minimum atomic E-state index is -0.243. The summed E-state index contributed by atoms with van der Waals surface area (Å²) in [6.45, 7) is 2.21. The number of hydrogen-bond acceptors (Lipinski definition) is 3. The van der Waals surface area contributed by atoms with Crippen molar-refractivity contribution in [1.82, 2.24) is 5.32 Å². The molecule has 1 aliphatic heterocycles. The summed E-state index contributed by atoms with van der Waals surface area (Å²) in [7, 11) is 0. The molecule has 0 atom stereocenters. The fourth-order valence-corrected chi connectivity index (χ4v) is 1.11. The Kier molecular flexibility index (Phi) is 3.22. The first-order valence-corrected chi connectivity index (χ1v) is 4.30. The van der Waals surface area contributed by atoms with Crippen LogP contribution in [-0.2, 0) is 9.53 Å². The van der Waals surface area contributed by atoms with E-state index in [0.29, 0.717) is 18.6 Å². The Bertz CT molecular complexity index is 235. The zero-order valence-electron chi connectivity index (χ0n) is 6.92. The zero-order chi connectivity index (χ0) is 8.97. The maximum Gasteiger partial charge on any atom is 0.335 e. The van der Waals surface area contributed by atoms with Crippen molar-refractivity contribution in [1.29, 1.82) is 0 Å². The van der Waals surface area contributed by atoms with E-state index in [2.05, 4.69) is 5.32 Å². The molecule has 1 aliphatic rings. The molecular formula is C8H11NO2S. The highest BCUT2D eigenvalue weighted by atomic mass is 32.1. The van der Waals surface area contributed by atoms with Crippen LogP contribution in [0.5, 0.6) is 0 Å². The van der Waals surface area contributed by atoms with Crippen LogP contribution >= 0.6 is 12.2 Å². The lowest BCUT2D eigenvalue weighted by Gasteiger charge is -2.13. The molecular weight excluding hydrogens is 174 g/mol. The van der Waals surface area contributed by atoms with E-state index in [1.165, 1.54) is 0 Å². The minimum absolute atomic E-state index is 0.243. The molecule has 1 heterocycles. The lowest BCUT2D eigenvalue weighted by atomic mass is 10.1. The van der Waals surface area contributed by atoms with Gasteiger partial charge in [-0.1, -0.05) is 12.2 Å². The topological polar surface area (TPSA) is 38.3 Å². The summed E-state index contributed by atoms with van der Waals surface area (Å²) in [4.78, 5) is 11.9. The quantitative estimate of drug-likeness (QED) is 0.517. The number of carbonyl (C=O) groups is 1. The van der Waals surface area contributed by atoms with E-state index in [0.717, 1.165) is 11.4 Å². The Balaban J connectivity index is 2.52. The molecule has 3 nitrogen and oxygen atoms in total. The van der Waals surface area contributed by atoms with Crippen molar-refractivity contribution in [3.63, 3.8) is 0 Å². The van der Waals surface area contributed by atoms with Gasteiger partial charge in [-0.25, -0.2) is 4.79 Å². The first-order valence-electron chi connectivity index (χ1n) is 3.89. The predicted molar refractivity (Wildman–Crippen MR) is 49.7 cm³/mol. The molecule has 0 radical (unpaired) electrons. The molecule has 4 heteroatoms. The number of esters is 1. The maximum absolute atomic E-state index is 11.1. The smallest absolute Gasteiger partial charge is 0.335 e. The van der Waals surface area contributed by atoms with Crippen molar-refractivity contribution in [3.8, 4) is 0 Å². The fraction of sp³-hybridized carbons (Fsp3) is 0.500. The monoisotopic (exact) mass is 185 g/mol. The molecule has 0 aliphatic carbocycles. The van der Waals surface area contributed by atoms with Crippen LogP contribution in [0.15, 0.2) is 11.8 Å². The third kappa shape index (κ3) is 2.30. The number of ether oxygens (including phenoxy) is 1. The maximum atomic E-state index is 11.1. The summed E-state index contributed by atoms with van der Waals surface area (Å²) in [6, 6.07) is 0. The third-order valence-electron chi connectivity index (χ3n) is 1.57. The van der Waals surface area contributed by atoms with E-state index in [1.54, 1.807) is 13.1 Å². The predicted octanol–water partition coefficient (Wildman–Crippen LogP) is 1.14. The molecule has 66 valence electrons. The van der Waals surface area contributed by atoms with Crippen LogP contribution in [0.2, 0.25) is 0 Å². The fourth-order valence-electron chi connectivity index (χ4n) is 0.945. The van der Waals surface area contributed by atoms with Gasteiger partial charge >= 0.3 is 5.97 Å². The van der Waals surface area contributed by atoms with Crippen LogP contribution in [0, 0.1) is 0 Å². The van der Waals surface area contributed by atoms with Crippen LogP contribution in [-0.4, -0.2) is 17.6 Å². The minimum Gasteiger partial charge on any atom is -0.463 e. The highest BCUT2D eigenvalue weighted by molar-refractivity contribution is 7.80. The van der Waals surface area contributed by atoms with Gasteiger partial charge in [0.15, 0.2) is 0 Å². The molecule has 0 aromatic carbocycles. The molecule has 0 amide bonds. The summed E-state index contributed by atoms with van der Waals surface area (Å²) in [5.41, 5.74) is 0.672. The van der Waals surface area contributed by atoms with Gasteiger partial charge in [0.2, 0.25) is 0 Å². The van der Waals surface area contributed by atoms with Gasteiger partial charge in [-0.2, -0.15) is 0 Å². The summed E-state index contributed by atoms with van der Waals surface area (Å²) < 4.78 is 4.83. The average Bonchev–Trinajstić information content (AvgIpc) is 2.06. The van der Waals surface area contributed by atoms with Crippen LogP contribution in [0.25, 0.3) is 0 Å². The summed E-state index contributed by atoms with van der Waals surface area (Å²) >= 11 is 4.90. The van der Waals surface area contributed by atoms with Gasteiger partial charge in [0.05, 0.1) is 17.2 Å². The Morgan fingerprint density at radius 2 is 2.50 bits per heavy atom. The number of nitrogens with one attached hydrogen (secondary N) is 1. The molecule has 1 rings (SSSR count). The van der Waals surface area contributed by atoms with E-state index in [-0.39, 0.29) is 5.97 Å². The molecule has 0 bridgehead atoms. The first kappa shape index (κ1) is 9.19. The Morgan fingerprint density at radius 3 is 3.00 bits per heavy atom. The molecule has 0 aromatic rings. The van der Waals surface area contributed by atoms with Gasteiger partial charge in [-0.05, 0) is 13.3 Å². The summed E-state index contributed by atoms with van der Waals surface area (Å²) in [5.74, 6) is -0.243. The van der Waals surface area contributed by atoms with Gasteiger partial charge in [0.1, 0.15) is 0 Å². The van der Waals surface area contributed by atoms with Crippen molar-refractivity contribution in [2.45, 2.75) is 19.8 Å². The van der Waals surface area contributed by atoms with Crippen LogP contribution in [0.1, 0.15) is 19.8 Å². The highest BCUT2D eigenvalue weighted by Crippen LogP contribution is 2.11. The van der Waals surface area contributed by atoms with Crippen molar-refractivity contribution in [3.05, 3.63) is 11.8 Å². The molecule has 0 saturated carbocycles. The second-order valence-corrected chi connectivity index (χ2v) is 2.95. The van der Waals surface area contributed by atoms with E-state index in [9.17, 15) is 4.79 Å². The Labute approximate surface area is 76.8 Å². The van der Waals surface area contributed by atoms with Crippen molar-refractivity contribution in [2.75, 3.05) is 6.61 Å². The largest absolute Gasteiger partial charge is 0.463 e. The molecule has 0 saturated heterocycles. The van der Waals surface area contributed by atoms with E-state index in [4.69, 9.17) is 17.0 Å². The average molecular weight is 185 g/mol. The highest BCUT2D eigenvalue weighted by Gasteiger charge is 2.14. The van der Waals surface area contributed by atoms with Gasteiger partial charge in [-0.15, -0.1) is 0 Å². The zero-order valence-corrected chi connectivity index (χ0v) is 7.74. The SMILES string of the molecule is CCOC(=O)C1=CNC(=S)CC1. The van der Waals surface area contributed by atoms with Crippen molar-refractivity contribution in [2.24, 2.45) is 0 Å². The second kappa shape index (κ2) is 4.21. The molecule has 0 aromatic heterocycles. The van der Waals surface area contributed by atoms with Crippen LogP contribution < -0.4 is 5.32 Å². The van der Waals surface area contributed by atoms with Gasteiger partial charge in [0, 0.05) is 12.6 Å². The van der Waals surface area contributed by atoms with Gasteiger partial charge in [0.25, 0.3) is 0 Å². The number of carbonyl (C=O) groups excluding carboxylic acids is 1. The molecule has 1 N–H and O–H groups in total. The second-order valence-electron chi connectivity index (χ2n) is 2.46. The third-order valence-corrected chi connectivity index (χ3v) is 1.89. The van der Waals surface area contributed by atoms with E-state index < -0.39 is 0 Å². The molecule has 0 fully saturated rings. The van der Waals surface area contributed by atoms with Crippen LogP contribution in [0.3, 0.4) is 0 Å². The standard InChI is InChI=1S/C8H11NO2S/c1-2-11-8(10)6-3-4-7(12)9-5-6/h5H,2-4H2,1H3,(H,9,12).